The van der Waals surface area contributed by atoms with E-state index in [0.717, 1.165) is 28.3 Å². The average Bonchev–Trinajstić information content (AvgIpc) is 2.92. The predicted molar refractivity (Wildman–Crippen MR) is 101 cm³/mol. The normalized spacial score (nSPS) is 12.0. The van der Waals surface area contributed by atoms with Gasteiger partial charge in [-0.15, -0.1) is 0 Å². The fourth-order valence-electron chi connectivity index (χ4n) is 2.82. The number of rotatable bonds is 5. The first-order valence-corrected chi connectivity index (χ1v) is 8.65. The van der Waals surface area contributed by atoms with Crippen molar-refractivity contribution in [3.63, 3.8) is 0 Å². The van der Waals surface area contributed by atoms with Gasteiger partial charge in [-0.05, 0) is 58.0 Å². The number of nitrogens with zero attached hydrogens (tertiary/aromatic N) is 4. The molecule has 0 aliphatic rings. The van der Waals surface area contributed by atoms with Gasteiger partial charge in [-0.2, -0.15) is 15.3 Å². The Balaban J connectivity index is 1.64. The van der Waals surface area contributed by atoms with Gasteiger partial charge in [0.15, 0.2) is 0 Å². The Morgan fingerprint density at radius 3 is 2.35 bits per heavy atom. The van der Waals surface area contributed by atoms with E-state index >= 15 is 0 Å². The van der Waals surface area contributed by atoms with E-state index in [4.69, 9.17) is 0 Å². The first-order chi connectivity index (χ1) is 12.4. The molecule has 1 aromatic carbocycles. The van der Waals surface area contributed by atoms with Gasteiger partial charge in [0.1, 0.15) is 0 Å². The second-order valence-corrected chi connectivity index (χ2v) is 6.62. The molecule has 0 spiro atoms. The van der Waals surface area contributed by atoms with Crippen LogP contribution in [0.5, 0.6) is 0 Å². The van der Waals surface area contributed by atoms with Crippen LogP contribution in [0.3, 0.4) is 0 Å². The van der Waals surface area contributed by atoms with Crippen LogP contribution in [0.25, 0.3) is 11.3 Å². The Hall–Kier alpha value is -3.02. The summed E-state index contributed by atoms with van der Waals surface area (Å²) in [6, 6.07) is 13.2. The van der Waals surface area contributed by atoms with Crippen LogP contribution in [-0.4, -0.2) is 31.9 Å². The SMILES string of the molecule is Cc1ccc(-c2ccc(C(=O)N[C@@H](C)Cn3nc(C)cc3C)cc2)nn1. The predicted octanol–water partition coefficient (Wildman–Crippen LogP) is 3.08. The minimum atomic E-state index is -0.0967. The monoisotopic (exact) mass is 349 g/mol. The zero-order valence-electron chi connectivity index (χ0n) is 15.5. The first-order valence-electron chi connectivity index (χ1n) is 8.65. The maximum atomic E-state index is 12.5. The first kappa shape index (κ1) is 17.8. The molecule has 1 atom stereocenters. The van der Waals surface area contributed by atoms with Crippen molar-refractivity contribution in [3.8, 4) is 11.3 Å². The van der Waals surface area contributed by atoms with Gasteiger partial charge >= 0.3 is 0 Å². The van der Waals surface area contributed by atoms with Crippen LogP contribution in [-0.2, 0) is 6.54 Å². The highest BCUT2D eigenvalue weighted by Crippen LogP contribution is 2.17. The molecule has 6 nitrogen and oxygen atoms in total. The maximum Gasteiger partial charge on any atom is 0.251 e. The lowest BCUT2D eigenvalue weighted by atomic mass is 10.1. The summed E-state index contributed by atoms with van der Waals surface area (Å²) in [5.74, 6) is -0.0967. The van der Waals surface area contributed by atoms with E-state index in [1.165, 1.54) is 0 Å². The van der Waals surface area contributed by atoms with Crippen LogP contribution in [0, 0.1) is 20.8 Å². The van der Waals surface area contributed by atoms with Crippen molar-refractivity contribution in [3.05, 3.63) is 65.1 Å². The summed E-state index contributed by atoms with van der Waals surface area (Å²) in [5.41, 5.74) is 5.29. The molecule has 0 saturated carbocycles. The van der Waals surface area contributed by atoms with Gasteiger partial charge in [0, 0.05) is 22.9 Å². The van der Waals surface area contributed by atoms with Crippen molar-refractivity contribution in [2.75, 3.05) is 0 Å². The van der Waals surface area contributed by atoms with Gasteiger partial charge < -0.3 is 5.32 Å². The van der Waals surface area contributed by atoms with Crippen LogP contribution in [0.2, 0.25) is 0 Å². The third kappa shape index (κ3) is 4.14. The maximum absolute atomic E-state index is 12.5. The molecule has 2 aromatic heterocycles. The van der Waals surface area contributed by atoms with Gasteiger partial charge in [-0.1, -0.05) is 12.1 Å². The average molecular weight is 349 g/mol. The number of hydrogen-bond acceptors (Lipinski definition) is 4. The van der Waals surface area contributed by atoms with Crippen LogP contribution in [0.1, 0.15) is 34.4 Å². The molecule has 2 heterocycles. The number of carbonyl (C=O) groups is 1. The van der Waals surface area contributed by atoms with E-state index in [-0.39, 0.29) is 11.9 Å². The molecule has 134 valence electrons. The summed E-state index contributed by atoms with van der Waals surface area (Å²) in [4.78, 5) is 12.5. The molecule has 0 aliphatic carbocycles. The van der Waals surface area contributed by atoms with Crippen molar-refractivity contribution in [2.24, 2.45) is 0 Å². The van der Waals surface area contributed by atoms with E-state index < -0.39 is 0 Å². The lowest BCUT2D eigenvalue weighted by molar-refractivity contribution is 0.0936. The number of carbonyl (C=O) groups excluding carboxylic acids is 1. The molecule has 1 N–H and O–H groups in total. The van der Waals surface area contributed by atoms with Gasteiger partial charge in [0.05, 0.1) is 23.6 Å². The highest BCUT2D eigenvalue weighted by Gasteiger charge is 2.12. The molecule has 0 saturated heterocycles. The van der Waals surface area contributed by atoms with Crippen molar-refractivity contribution >= 4 is 5.91 Å². The van der Waals surface area contributed by atoms with Crippen LogP contribution >= 0.6 is 0 Å². The lowest BCUT2D eigenvalue weighted by Crippen LogP contribution is -2.36. The number of amides is 1. The smallest absolute Gasteiger partial charge is 0.251 e. The van der Waals surface area contributed by atoms with Crippen LogP contribution in [0.4, 0.5) is 0 Å². The Morgan fingerprint density at radius 2 is 1.77 bits per heavy atom. The molecule has 3 rings (SSSR count). The second-order valence-electron chi connectivity index (χ2n) is 6.62. The van der Waals surface area contributed by atoms with Crippen molar-refractivity contribution < 1.29 is 4.79 Å². The fourth-order valence-corrected chi connectivity index (χ4v) is 2.82. The van der Waals surface area contributed by atoms with Gasteiger partial charge in [-0.25, -0.2) is 0 Å². The zero-order valence-corrected chi connectivity index (χ0v) is 15.5. The quantitative estimate of drug-likeness (QED) is 0.768. The molecule has 0 bridgehead atoms. The summed E-state index contributed by atoms with van der Waals surface area (Å²) < 4.78 is 1.92. The van der Waals surface area contributed by atoms with Crippen molar-refractivity contribution in [2.45, 2.75) is 40.3 Å². The lowest BCUT2D eigenvalue weighted by Gasteiger charge is -2.15. The largest absolute Gasteiger partial charge is 0.348 e. The van der Waals surface area contributed by atoms with E-state index in [9.17, 15) is 4.79 Å². The molecule has 6 heteroatoms. The minimum Gasteiger partial charge on any atom is -0.348 e. The van der Waals surface area contributed by atoms with E-state index in [1.54, 1.807) is 0 Å². The van der Waals surface area contributed by atoms with E-state index in [2.05, 4.69) is 20.6 Å². The minimum absolute atomic E-state index is 0.0249. The van der Waals surface area contributed by atoms with Gasteiger partial charge in [0.2, 0.25) is 0 Å². The van der Waals surface area contributed by atoms with Crippen LogP contribution in [0.15, 0.2) is 42.5 Å². The standard InChI is InChI=1S/C20H23N5O/c1-13-5-10-19(23-22-13)17-6-8-18(9-7-17)20(26)21-15(3)12-25-16(4)11-14(2)24-25/h5-11,15H,12H2,1-4H3,(H,21,26)/t15-/m0/s1. The molecule has 26 heavy (non-hydrogen) atoms. The fraction of sp³-hybridized carbons (Fsp3) is 0.300. The summed E-state index contributed by atoms with van der Waals surface area (Å²) in [5, 5.41) is 15.7. The van der Waals surface area contributed by atoms with Crippen LogP contribution < -0.4 is 5.32 Å². The summed E-state index contributed by atoms with van der Waals surface area (Å²) in [6.07, 6.45) is 0. The molecule has 1 amide bonds. The number of nitrogens with one attached hydrogen (secondary N) is 1. The third-order valence-corrected chi connectivity index (χ3v) is 4.17. The number of hydrogen-bond donors (Lipinski definition) is 1. The van der Waals surface area contributed by atoms with Crippen molar-refractivity contribution in [1.29, 1.82) is 0 Å². The van der Waals surface area contributed by atoms with Gasteiger partial charge in [0.25, 0.3) is 5.91 Å². The topological polar surface area (TPSA) is 72.7 Å². The summed E-state index contributed by atoms with van der Waals surface area (Å²) in [7, 11) is 0. The van der Waals surface area contributed by atoms with E-state index in [1.807, 2.05) is 74.8 Å². The third-order valence-electron chi connectivity index (χ3n) is 4.17. The zero-order chi connectivity index (χ0) is 18.7. The molecule has 0 radical (unpaired) electrons. The molecular formula is C20H23N5O. The van der Waals surface area contributed by atoms with E-state index in [0.29, 0.717) is 12.1 Å². The highest BCUT2D eigenvalue weighted by molar-refractivity contribution is 5.94. The summed E-state index contributed by atoms with van der Waals surface area (Å²) in [6.45, 7) is 8.50. The Labute approximate surface area is 153 Å². The highest BCUT2D eigenvalue weighted by atomic mass is 16.1. The van der Waals surface area contributed by atoms with Crippen molar-refractivity contribution in [1.82, 2.24) is 25.3 Å². The Kier molecular flexibility index (Phi) is 5.11. The number of benzene rings is 1. The molecular weight excluding hydrogens is 326 g/mol. The molecule has 0 aliphatic heterocycles. The molecule has 3 aromatic rings. The number of aromatic nitrogens is 4. The molecule has 0 fully saturated rings. The summed E-state index contributed by atoms with van der Waals surface area (Å²) >= 11 is 0. The number of aryl methyl sites for hydroxylation is 3. The second kappa shape index (κ2) is 7.47. The van der Waals surface area contributed by atoms with Gasteiger partial charge in [-0.3, -0.25) is 9.48 Å². The molecule has 0 unspecified atom stereocenters. The Bertz CT molecular complexity index is 897. The Morgan fingerprint density at radius 1 is 1.04 bits per heavy atom.